The number of anilines is 1. The summed E-state index contributed by atoms with van der Waals surface area (Å²) in [5.41, 5.74) is 5.44. The number of nitrogen functional groups attached to an aromatic ring is 1. The summed E-state index contributed by atoms with van der Waals surface area (Å²) in [5, 5.41) is 3.64. The Morgan fingerprint density at radius 1 is 1.69 bits per heavy atom. The standard InChI is InChI=1S/C9H14N2O2/c1-12-9(3-2-4-9)6-7-5-8(10)11-13-7/h5H,2-4,6H2,1H3,(H2,10,11). The fourth-order valence-electron chi connectivity index (χ4n) is 1.75. The number of hydrogen-bond acceptors (Lipinski definition) is 4. The van der Waals surface area contributed by atoms with Crippen molar-refractivity contribution in [1.29, 1.82) is 0 Å². The van der Waals surface area contributed by atoms with Crippen LogP contribution in [0.3, 0.4) is 0 Å². The molecule has 4 heteroatoms. The highest BCUT2D eigenvalue weighted by Gasteiger charge is 2.38. The predicted octanol–water partition coefficient (Wildman–Crippen LogP) is 1.37. The highest BCUT2D eigenvalue weighted by molar-refractivity contribution is 5.27. The molecular weight excluding hydrogens is 168 g/mol. The Bertz CT molecular complexity index is 286. The van der Waals surface area contributed by atoms with E-state index in [1.165, 1.54) is 6.42 Å². The summed E-state index contributed by atoms with van der Waals surface area (Å²) < 4.78 is 10.5. The largest absolute Gasteiger partial charge is 0.381 e. The molecule has 1 heterocycles. The van der Waals surface area contributed by atoms with Gasteiger partial charge in [0.05, 0.1) is 5.60 Å². The third-order valence-corrected chi connectivity index (χ3v) is 2.77. The third kappa shape index (κ3) is 1.54. The van der Waals surface area contributed by atoms with Gasteiger partial charge >= 0.3 is 0 Å². The van der Waals surface area contributed by atoms with Crippen molar-refractivity contribution in [2.75, 3.05) is 12.8 Å². The second-order valence-electron chi connectivity index (χ2n) is 3.64. The number of hydrogen-bond donors (Lipinski definition) is 1. The van der Waals surface area contributed by atoms with Crippen molar-refractivity contribution >= 4 is 5.82 Å². The summed E-state index contributed by atoms with van der Waals surface area (Å²) in [7, 11) is 1.75. The number of aromatic nitrogens is 1. The molecule has 1 saturated carbocycles. The molecule has 1 aromatic heterocycles. The predicted molar refractivity (Wildman–Crippen MR) is 48.2 cm³/mol. The highest BCUT2D eigenvalue weighted by atomic mass is 16.5. The van der Waals surface area contributed by atoms with Gasteiger partial charge in [-0.05, 0) is 19.3 Å². The molecule has 1 aliphatic rings. The second-order valence-corrected chi connectivity index (χ2v) is 3.64. The molecule has 1 aromatic rings. The van der Waals surface area contributed by atoms with Crippen LogP contribution in [0.15, 0.2) is 10.6 Å². The Morgan fingerprint density at radius 2 is 2.46 bits per heavy atom. The van der Waals surface area contributed by atoms with E-state index in [2.05, 4.69) is 5.16 Å². The van der Waals surface area contributed by atoms with E-state index in [9.17, 15) is 0 Å². The van der Waals surface area contributed by atoms with Gasteiger partial charge in [0, 0.05) is 19.6 Å². The molecular formula is C9H14N2O2. The molecule has 0 aromatic carbocycles. The van der Waals surface area contributed by atoms with Crippen LogP contribution in [0.1, 0.15) is 25.0 Å². The van der Waals surface area contributed by atoms with Gasteiger partial charge in [-0.1, -0.05) is 5.16 Å². The normalized spacial score (nSPS) is 19.8. The maximum Gasteiger partial charge on any atom is 0.167 e. The smallest absolute Gasteiger partial charge is 0.167 e. The number of rotatable bonds is 3. The average Bonchev–Trinajstić information content (AvgIpc) is 2.44. The summed E-state index contributed by atoms with van der Waals surface area (Å²) in [4.78, 5) is 0. The van der Waals surface area contributed by atoms with Crippen LogP contribution in [0.4, 0.5) is 5.82 Å². The lowest BCUT2D eigenvalue weighted by atomic mass is 9.77. The van der Waals surface area contributed by atoms with Crippen molar-refractivity contribution in [3.8, 4) is 0 Å². The summed E-state index contributed by atoms with van der Waals surface area (Å²) in [6, 6.07) is 1.76. The average molecular weight is 182 g/mol. The molecule has 0 radical (unpaired) electrons. The molecule has 0 bridgehead atoms. The van der Waals surface area contributed by atoms with E-state index in [0.717, 1.165) is 25.0 Å². The summed E-state index contributed by atoms with van der Waals surface area (Å²) >= 11 is 0. The zero-order chi connectivity index (χ0) is 9.31. The van der Waals surface area contributed by atoms with Crippen molar-refractivity contribution in [3.05, 3.63) is 11.8 Å². The van der Waals surface area contributed by atoms with Gasteiger partial charge in [-0.15, -0.1) is 0 Å². The van der Waals surface area contributed by atoms with Crippen LogP contribution in [0.2, 0.25) is 0 Å². The van der Waals surface area contributed by atoms with Crippen LogP contribution in [0.5, 0.6) is 0 Å². The SMILES string of the molecule is COC1(Cc2cc(N)no2)CCC1. The summed E-state index contributed by atoms with van der Waals surface area (Å²) in [6.45, 7) is 0. The van der Waals surface area contributed by atoms with Gasteiger partial charge in [0.1, 0.15) is 5.76 Å². The fourth-order valence-corrected chi connectivity index (χ4v) is 1.75. The van der Waals surface area contributed by atoms with E-state index in [1.807, 2.05) is 0 Å². The maximum absolute atomic E-state index is 5.46. The molecule has 0 amide bonds. The lowest BCUT2D eigenvalue weighted by molar-refractivity contribution is -0.0743. The Hall–Kier alpha value is -1.03. The van der Waals surface area contributed by atoms with Gasteiger partial charge in [-0.2, -0.15) is 0 Å². The van der Waals surface area contributed by atoms with E-state index < -0.39 is 0 Å². The molecule has 0 spiro atoms. The van der Waals surface area contributed by atoms with Crippen LogP contribution in [-0.2, 0) is 11.2 Å². The molecule has 0 unspecified atom stereocenters. The number of ether oxygens (including phenoxy) is 1. The molecule has 1 fully saturated rings. The van der Waals surface area contributed by atoms with E-state index in [-0.39, 0.29) is 5.60 Å². The van der Waals surface area contributed by atoms with Gasteiger partial charge in [-0.25, -0.2) is 0 Å². The minimum Gasteiger partial charge on any atom is -0.381 e. The Kier molecular flexibility index (Phi) is 2.00. The highest BCUT2D eigenvalue weighted by Crippen LogP contribution is 2.38. The molecule has 0 saturated heterocycles. The van der Waals surface area contributed by atoms with Gasteiger partial charge < -0.3 is 15.0 Å². The molecule has 72 valence electrons. The molecule has 4 nitrogen and oxygen atoms in total. The van der Waals surface area contributed by atoms with Crippen LogP contribution in [0, 0.1) is 0 Å². The first-order valence-electron chi connectivity index (χ1n) is 4.50. The van der Waals surface area contributed by atoms with E-state index in [0.29, 0.717) is 5.82 Å². The maximum atomic E-state index is 5.46. The summed E-state index contributed by atoms with van der Waals surface area (Å²) in [5.74, 6) is 1.26. The first-order chi connectivity index (χ1) is 6.24. The fraction of sp³-hybridized carbons (Fsp3) is 0.667. The quantitative estimate of drug-likeness (QED) is 0.766. The van der Waals surface area contributed by atoms with Gasteiger partial charge in [-0.3, -0.25) is 0 Å². The molecule has 2 rings (SSSR count). The van der Waals surface area contributed by atoms with E-state index in [4.69, 9.17) is 15.0 Å². The van der Waals surface area contributed by atoms with E-state index >= 15 is 0 Å². The van der Waals surface area contributed by atoms with Crippen LogP contribution in [0.25, 0.3) is 0 Å². The topological polar surface area (TPSA) is 61.3 Å². The number of methoxy groups -OCH3 is 1. The van der Waals surface area contributed by atoms with Crippen LogP contribution in [-0.4, -0.2) is 17.9 Å². The van der Waals surface area contributed by atoms with Crippen molar-refractivity contribution < 1.29 is 9.26 Å². The Balaban J connectivity index is 2.04. The zero-order valence-electron chi connectivity index (χ0n) is 7.75. The minimum atomic E-state index is -0.00796. The van der Waals surface area contributed by atoms with Crippen molar-refractivity contribution in [2.45, 2.75) is 31.3 Å². The number of nitrogens with two attached hydrogens (primary N) is 1. The van der Waals surface area contributed by atoms with E-state index in [1.54, 1.807) is 13.2 Å². The summed E-state index contributed by atoms with van der Waals surface area (Å²) in [6.07, 6.45) is 4.22. The van der Waals surface area contributed by atoms with Gasteiger partial charge in [0.15, 0.2) is 5.82 Å². The van der Waals surface area contributed by atoms with Crippen molar-refractivity contribution in [2.24, 2.45) is 0 Å². The zero-order valence-corrected chi connectivity index (χ0v) is 7.75. The molecule has 1 aliphatic carbocycles. The van der Waals surface area contributed by atoms with Gasteiger partial charge in [0.2, 0.25) is 0 Å². The lowest BCUT2D eigenvalue weighted by Crippen LogP contribution is -2.41. The first-order valence-corrected chi connectivity index (χ1v) is 4.50. The van der Waals surface area contributed by atoms with Gasteiger partial charge in [0.25, 0.3) is 0 Å². The third-order valence-electron chi connectivity index (χ3n) is 2.77. The van der Waals surface area contributed by atoms with Crippen LogP contribution >= 0.6 is 0 Å². The lowest BCUT2D eigenvalue weighted by Gasteiger charge is -2.39. The van der Waals surface area contributed by atoms with Crippen molar-refractivity contribution in [3.63, 3.8) is 0 Å². The molecule has 2 N–H and O–H groups in total. The van der Waals surface area contributed by atoms with Crippen LogP contribution < -0.4 is 5.73 Å². The molecule has 0 aliphatic heterocycles. The molecule has 0 atom stereocenters. The Labute approximate surface area is 77.0 Å². The van der Waals surface area contributed by atoms with Crippen molar-refractivity contribution in [1.82, 2.24) is 5.16 Å². The minimum absolute atomic E-state index is 0.00796. The first kappa shape index (κ1) is 8.56. The Morgan fingerprint density at radius 3 is 2.85 bits per heavy atom. The monoisotopic (exact) mass is 182 g/mol. The second kappa shape index (κ2) is 3.03. The number of nitrogens with zero attached hydrogens (tertiary/aromatic N) is 1. The molecule has 13 heavy (non-hydrogen) atoms.